The summed E-state index contributed by atoms with van der Waals surface area (Å²) in [5, 5.41) is 0. The summed E-state index contributed by atoms with van der Waals surface area (Å²) in [4.78, 5) is 0. The van der Waals surface area contributed by atoms with Crippen molar-refractivity contribution in [1.29, 1.82) is 0 Å². The maximum absolute atomic E-state index is 11.7. The van der Waals surface area contributed by atoms with Crippen LogP contribution in [0.5, 0.6) is 0 Å². The number of alkyl halides is 3. The van der Waals surface area contributed by atoms with E-state index in [2.05, 4.69) is 23.2 Å². The molecule has 0 rings (SSSR count). The molecule has 0 fully saturated rings. The Labute approximate surface area is 54.6 Å². The molecule has 0 aliphatic heterocycles. The number of hydrogen-bond donors (Lipinski definition) is 0. The molecule has 0 aromatic rings. The van der Waals surface area contributed by atoms with Gasteiger partial charge in [0, 0.05) is 0 Å². The lowest BCUT2D eigenvalue weighted by molar-refractivity contribution is 0.223. The van der Waals surface area contributed by atoms with Crippen molar-refractivity contribution in [3.63, 3.8) is 0 Å². The van der Waals surface area contributed by atoms with Crippen molar-refractivity contribution in [2.75, 3.05) is 0 Å². The van der Waals surface area contributed by atoms with Gasteiger partial charge in [0.05, 0.1) is 6.42 Å². The van der Waals surface area contributed by atoms with E-state index in [4.69, 9.17) is 0 Å². The summed E-state index contributed by atoms with van der Waals surface area (Å²) >= 11 is 9.05. The summed E-state index contributed by atoms with van der Waals surface area (Å²) < 4.78 is 30.9. The van der Waals surface area contributed by atoms with Crippen LogP contribution in [0.15, 0.2) is 0 Å². The molecule has 5 heteroatoms. The van der Waals surface area contributed by atoms with Crippen LogP contribution >= 0.6 is 23.2 Å². The standard InChI is InChI=1S/C3H2Cl2F3/c4-3(5,8)1-2(6)7/h1H2. The molecule has 8 heavy (non-hydrogen) atoms. The average Bonchev–Trinajstić information content (AvgIpc) is 1.21. The highest BCUT2D eigenvalue weighted by atomic mass is 35.5. The molecule has 0 aliphatic rings. The summed E-state index contributed by atoms with van der Waals surface area (Å²) in [6.07, 6.45) is -3.34. The normalized spacial score (nSPS) is 12.8. The zero-order valence-electron chi connectivity index (χ0n) is 3.60. The Morgan fingerprint density at radius 1 is 1.38 bits per heavy atom. The molecule has 0 heterocycles. The summed E-state index contributed by atoms with van der Waals surface area (Å²) in [5.74, 6) is 0. The van der Waals surface area contributed by atoms with Crippen LogP contribution in [-0.4, -0.2) is 4.59 Å². The second-order valence-electron chi connectivity index (χ2n) is 1.13. The fraction of sp³-hybridized carbons (Fsp3) is 0.667. The lowest BCUT2D eigenvalue weighted by Gasteiger charge is -2.04. The Morgan fingerprint density at radius 2 is 1.75 bits per heavy atom. The van der Waals surface area contributed by atoms with Crippen LogP contribution < -0.4 is 0 Å². The third-order valence-corrected chi connectivity index (χ3v) is 0.601. The summed E-state index contributed by atoms with van der Waals surface area (Å²) in [5.41, 5.74) is 0. The molecule has 0 saturated carbocycles. The molecule has 0 nitrogen and oxygen atoms in total. The quantitative estimate of drug-likeness (QED) is 0.553. The minimum absolute atomic E-state index is 1.23. The Balaban J connectivity index is 3.39. The fourth-order valence-electron chi connectivity index (χ4n) is 0.152. The highest BCUT2D eigenvalue weighted by Crippen LogP contribution is 2.32. The van der Waals surface area contributed by atoms with Crippen LogP contribution in [0.25, 0.3) is 0 Å². The molecular formula is C3H2Cl2F3. The van der Waals surface area contributed by atoms with Crippen LogP contribution in [0, 0.1) is 6.43 Å². The van der Waals surface area contributed by atoms with E-state index in [1.165, 1.54) is 0 Å². The summed E-state index contributed by atoms with van der Waals surface area (Å²) in [6, 6.07) is 0. The van der Waals surface area contributed by atoms with E-state index in [1.54, 1.807) is 0 Å². The minimum atomic E-state index is -2.82. The Kier molecular flexibility index (Phi) is 2.91. The first-order chi connectivity index (χ1) is 3.42. The third kappa shape index (κ3) is 6.37. The van der Waals surface area contributed by atoms with Crippen LogP contribution in [0.1, 0.15) is 6.42 Å². The van der Waals surface area contributed by atoms with E-state index in [9.17, 15) is 13.2 Å². The first-order valence-corrected chi connectivity index (χ1v) is 2.41. The van der Waals surface area contributed by atoms with E-state index in [1.807, 2.05) is 0 Å². The molecule has 0 aromatic carbocycles. The highest BCUT2D eigenvalue weighted by molar-refractivity contribution is 6.47. The average molecular weight is 166 g/mol. The first kappa shape index (κ1) is 8.37. The van der Waals surface area contributed by atoms with Crippen LogP contribution in [0.4, 0.5) is 13.2 Å². The monoisotopic (exact) mass is 165 g/mol. The van der Waals surface area contributed by atoms with E-state index in [0.717, 1.165) is 0 Å². The Morgan fingerprint density at radius 3 is 1.75 bits per heavy atom. The molecule has 49 valence electrons. The molecule has 1 radical (unpaired) electrons. The lowest BCUT2D eigenvalue weighted by atomic mass is 10.5. The summed E-state index contributed by atoms with van der Waals surface area (Å²) in [7, 11) is 0. The summed E-state index contributed by atoms with van der Waals surface area (Å²) in [6.45, 7) is 0. The van der Waals surface area contributed by atoms with Crippen molar-refractivity contribution in [2.45, 2.75) is 11.0 Å². The number of hydrogen-bond acceptors (Lipinski definition) is 0. The Hall–Kier alpha value is 0.370. The van der Waals surface area contributed by atoms with Gasteiger partial charge in [0.1, 0.15) is 0 Å². The number of halogens is 5. The smallest absolute Gasteiger partial charge is 0.208 e. The van der Waals surface area contributed by atoms with Gasteiger partial charge in [-0.3, -0.25) is 0 Å². The van der Waals surface area contributed by atoms with Gasteiger partial charge in [0.25, 0.3) is 4.59 Å². The van der Waals surface area contributed by atoms with Gasteiger partial charge in [-0.25, -0.2) is 4.39 Å². The van der Waals surface area contributed by atoms with E-state index in [0.29, 0.717) is 0 Å². The first-order valence-electron chi connectivity index (χ1n) is 1.65. The SMILES string of the molecule is F[C](F)CC(F)(Cl)Cl. The number of rotatable bonds is 2. The minimum Gasteiger partial charge on any atom is -0.208 e. The second-order valence-corrected chi connectivity index (χ2v) is 2.52. The predicted octanol–water partition coefficient (Wildman–Crippen LogP) is 2.91. The molecule has 0 unspecified atom stereocenters. The van der Waals surface area contributed by atoms with Gasteiger partial charge >= 0.3 is 6.43 Å². The molecule has 0 bridgehead atoms. The van der Waals surface area contributed by atoms with Crippen molar-refractivity contribution >= 4 is 23.2 Å². The van der Waals surface area contributed by atoms with Crippen LogP contribution in [0.2, 0.25) is 0 Å². The van der Waals surface area contributed by atoms with Gasteiger partial charge in [-0.05, 0) is 0 Å². The van der Waals surface area contributed by atoms with E-state index >= 15 is 0 Å². The van der Waals surface area contributed by atoms with Gasteiger partial charge in [-0.15, -0.1) is 0 Å². The predicted molar refractivity (Wildman–Crippen MR) is 25.6 cm³/mol. The van der Waals surface area contributed by atoms with Crippen molar-refractivity contribution in [1.82, 2.24) is 0 Å². The molecule has 0 spiro atoms. The van der Waals surface area contributed by atoms with Gasteiger partial charge in [-0.2, -0.15) is 8.78 Å². The zero-order chi connectivity index (χ0) is 6.78. The lowest BCUT2D eigenvalue weighted by Crippen LogP contribution is -2.04. The molecule has 0 N–H and O–H groups in total. The maximum Gasteiger partial charge on any atom is 0.316 e. The van der Waals surface area contributed by atoms with Crippen molar-refractivity contribution < 1.29 is 13.2 Å². The molecule has 0 aliphatic carbocycles. The van der Waals surface area contributed by atoms with Gasteiger partial charge < -0.3 is 0 Å². The topological polar surface area (TPSA) is 0 Å². The van der Waals surface area contributed by atoms with Crippen molar-refractivity contribution in [3.05, 3.63) is 6.43 Å². The van der Waals surface area contributed by atoms with Crippen LogP contribution in [0.3, 0.4) is 0 Å². The van der Waals surface area contributed by atoms with Crippen LogP contribution in [-0.2, 0) is 0 Å². The molecule has 0 atom stereocenters. The fourth-order valence-corrected chi connectivity index (χ4v) is 0.354. The third-order valence-electron chi connectivity index (χ3n) is 0.334. The largest absolute Gasteiger partial charge is 0.316 e. The molecular weight excluding hydrogens is 164 g/mol. The molecule has 0 saturated heterocycles. The van der Waals surface area contributed by atoms with Crippen molar-refractivity contribution in [3.8, 4) is 0 Å². The highest BCUT2D eigenvalue weighted by Gasteiger charge is 2.28. The van der Waals surface area contributed by atoms with E-state index < -0.39 is 17.4 Å². The van der Waals surface area contributed by atoms with Gasteiger partial charge in [0.2, 0.25) is 0 Å². The van der Waals surface area contributed by atoms with Gasteiger partial charge in [-0.1, -0.05) is 23.2 Å². The van der Waals surface area contributed by atoms with Crippen molar-refractivity contribution in [2.24, 2.45) is 0 Å². The van der Waals surface area contributed by atoms with Gasteiger partial charge in [0.15, 0.2) is 0 Å². The maximum atomic E-state index is 11.7. The molecule has 0 aromatic heterocycles. The van der Waals surface area contributed by atoms with E-state index in [-0.39, 0.29) is 0 Å². The second kappa shape index (κ2) is 2.78. The zero-order valence-corrected chi connectivity index (χ0v) is 5.11. The molecule has 0 amide bonds. The Bertz CT molecular complexity index is 67.4.